The molecule has 1 aromatic heterocycles. The number of benzene rings is 2. The Bertz CT molecular complexity index is 718. The van der Waals surface area contributed by atoms with Gasteiger partial charge in [-0.2, -0.15) is 0 Å². The first kappa shape index (κ1) is 13.4. The predicted octanol–water partition coefficient (Wildman–Crippen LogP) is 3.98. The van der Waals surface area contributed by atoms with Crippen molar-refractivity contribution < 1.29 is 4.74 Å². The molecule has 0 aliphatic heterocycles. The van der Waals surface area contributed by atoms with Crippen LogP contribution in [0.25, 0.3) is 11.1 Å². The van der Waals surface area contributed by atoms with Gasteiger partial charge in [-0.05, 0) is 35.2 Å². The van der Waals surface area contributed by atoms with Gasteiger partial charge in [0.05, 0.1) is 7.11 Å². The lowest BCUT2D eigenvalue weighted by Crippen LogP contribution is -1.97. The zero-order chi connectivity index (χ0) is 14.7. The number of rotatable bonds is 4. The maximum atomic E-state index is 5.47. The molecule has 0 spiro atoms. The second kappa shape index (κ2) is 5.83. The van der Waals surface area contributed by atoms with Gasteiger partial charge in [0.25, 0.3) is 0 Å². The molecule has 0 saturated heterocycles. The lowest BCUT2D eigenvalue weighted by atomic mass is 9.95. The standard InChI is InChI=1S/C18H18N2O/c1-13-10-15(11-18-19-8-9-20-18)16(12-17(13)21-2)14-6-4-3-5-7-14/h3-10,12H,11H2,1-2H3,(H,19,20). The molecule has 0 aliphatic carbocycles. The summed E-state index contributed by atoms with van der Waals surface area (Å²) in [5.74, 6) is 1.88. The first-order chi connectivity index (χ1) is 10.3. The maximum absolute atomic E-state index is 5.47. The van der Waals surface area contributed by atoms with Crippen molar-refractivity contribution in [2.45, 2.75) is 13.3 Å². The van der Waals surface area contributed by atoms with Crippen LogP contribution in [0.15, 0.2) is 54.9 Å². The van der Waals surface area contributed by atoms with E-state index in [9.17, 15) is 0 Å². The Hall–Kier alpha value is -2.55. The molecule has 0 saturated carbocycles. The monoisotopic (exact) mass is 278 g/mol. The molecule has 21 heavy (non-hydrogen) atoms. The number of methoxy groups -OCH3 is 1. The van der Waals surface area contributed by atoms with Gasteiger partial charge in [0.15, 0.2) is 0 Å². The quantitative estimate of drug-likeness (QED) is 0.783. The largest absolute Gasteiger partial charge is 0.496 e. The average molecular weight is 278 g/mol. The second-order valence-electron chi connectivity index (χ2n) is 5.06. The highest BCUT2D eigenvalue weighted by Crippen LogP contribution is 2.31. The number of aryl methyl sites for hydroxylation is 1. The first-order valence-corrected chi connectivity index (χ1v) is 6.99. The van der Waals surface area contributed by atoms with E-state index in [0.717, 1.165) is 23.6 Å². The van der Waals surface area contributed by atoms with E-state index in [4.69, 9.17) is 4.74 Å². The Labute approximate surface area is 124 Å². The van der Waals surface area contributed by atoms with Gasteiger partial charge in [0.2, 0.25) is 0 Å². The van der Waals surface area contributed by atoms with Gasteiger partial charge in [-0.25, -0.2) is 4.98 Å². The summed E-state index contributed by atoms with van der Waals surface area (Å²) in [7, 11) is 1.71. The summed E-state index contributed by atoms with van der Waals surface area (Å²) in [4.78, 5) is 7.50. The molecule has 106 valence electrons. The second-order valence-corrected chi connectivity index (χ2v) is 5.06. The molecule has 0 radical (unpaired) electrons. The van der Waals surface area contributed by atoms with Crippen molar-refractivity contribution in [3.63, 3.8) is 0 Å². The number of aromatic amines is 1. The average Bonchev–Trinajstić information content (AvgIpc) is 3.01. The predicted molar refractivity (Wildman–Crippen MR) is 84.6 cm³/mol. The topological polar surface area (TPSA) is 37.9 Å². The molecule has 2 aromatic carbocycles. The molecule has 3 aromatic rings. The summed E-state index contributed by atoms with van der Waals surface area (Å²) in [5, 5.41) is 0. The fraction of sp³-hybridized carbons (Fsp3) is 0.167. The van der Waals surface area contributed by atoms with E-state index in [0.29, 0.717) is 0 Å². The lowest BCUT2D eigenvalue weighted by molar-refractivity contribution is 0.411. The highest BCUT2D eigenvalue weighted by atomic mass is 16.5. The van der Waals surface area contributed by atoms with E-state index in [1.54, 1.807) is 13.3 Å². The van der Waals surface area contributed by atoms with E-state index >= 15 is 0 Å². The van der Waals surface area contributed by atoms with Gasteiger partial charge in [0, 0.05) is 18.8 Å². The molecule has 0 bridgehead atoms. The minimum Gasteiger partial charge on any atom is -0.496 e. The van der Waals surface area contributed by atoms with E-state index in [2.05, 4.69) is 53.3 Å². The van der Waals surface area contributed by atoms with Crippen LogP contribution in [0.2, 0.25) is 0 Å². The van der Waals surface area contributed by atoms with E-state index < -0.39 is 0 Å². The van der Waals surface area contributed by atoms with Gasteiger partial charge in [-0.3, -0.25) is 0 Å². The van der Waals surface area contributed by atoms with Gasteiger partial charge in [0.1, 0.15) is 11.6 Å². The molecular formula is C18H18N2O. The third kappa shape index (κ3) is 2.82. The van der Waals surface area contributed by atoms with Gasteiger partial charge in [-0.15, -0.1) is 0 Å². The van der Waals surface area contributed by atoms with Crippen LogP contribution in [0.3, 0.4) is 0 Å². The third-order valence-corrected chi connectivity index (χ3v) is 3.62. The van der Waals surface area contributed by atoms with Crippen molar-refractivity contribution >= 4 is 0 Å². The molecule has 3 rings (SSSR count). The number of H-pyrrole nitrogens is 1. The summed E-state index contributed by atoms with van der Waals surface area (Å²) in [6, 6.07) is 14.7. The fourth-order valence-electron chi connectivity index (χ4n) is 2.58. The van der Waals surface area contributed by atoms with Gasteiger partial charge < -0.3 is 9.72 Å². The molecule has 0 fully saturated rings. The molecule has 0 aliphatic rings. The van der Waals surface area contributed by atoms with Crippen LogP contribution in [0, 0.1) is 6.92 Å². The summed E-state index contributed by atoms with van der Waals surface area (Å²) >= 11 is 0. The SMILES string of the molecule is COc1cc(-c2ccccc2)c(Cc2ncc[nH]2)cc1C. The molecular weight excluding hydrogens is 260 g/mol. The van der Waals surface area contributed by atoms with Crippen molar-refractivity contribution in [2.75, 3.05) is 7.11 Å². The van der Waals surface area contributed by atoms with E-state index in [-0.39, 0.29) is 0 Å². The zero-order valence-corrected chi connectivity index (χ0v) is 12.3. The summed E-state index contributed by atoms with van der Waals surface area (Å²) < 4.78 is 5.47. The Morgan fingerprint density at radius 3 is 2.62 bits per heavy atom. The number of hydrogen-bond acceptors (Lipinski definition) is 2. The minimum atomic E-state index is 0.780. The highest BCUT2D eigenvalue weighted by molar-refractivity contribution is 5.70. The number of ether oxygens (including phenoxy) is 1. The van der Waals surface area contributed by atoms with E-state index in [1.165, 1.54) is 16.7 Å². The minimum absolute atomic E-state index is 0.780. The summed E-state index contributed by atoms with van der Waals surface area (Å²) in [5.41, 5.74) is 4.76. The molecule has 0 atom stereocenters. The van der Waals surface area contributed by atoms with Crippen molar-refractivity contribution in [3.05, 3.63) is 71.8 Å². The number of nitrogens with one attached hydrogen (secondary N) is 1. The lowest BCUT2D eigenvalue weighted by Gasteiger charge is -2.14. The van der Waals surface area contributed by atoms with Crippen LogP contribution in [0.1, 0.15) is 17.0 Å². The van der Waals surface area contributed by atoms with Crippen molar-refractivity contribution in [1.29, 1.82) is 0 Å². The normalized spacial score (nSPS) is 10.6. The van der Waals surface area contributed by atoms with Crippen LogP contribution >= 0.6 is 0 Å². The smallest absolute Gasteiger partial charge is 0.122 e. The molecule has 0 amide bonds. The summed E-state index contributed by atoms with van der Waals surface area (Å²) in [6.45, 7) is 2.07. The van der Waals surface area contributed by atoms with E-state index in [1.807, 2.05) is 12.3 Å². The number of nitrogens with zero attached hydrogens (tertiary/aromatic N) is 1. The maximum Gasteiger partial charge on any atom is 0.122 e. The third-order valence-electron chi connectivity index (χ3n) is 3.62. The van der Waals surface area contributed by atoms with Crippen molar-refractivity contribution in [1.82, 2.24) is 9.97 Å². The Kier molecular flexibility index (Phi) is 3.73. The Morgan fingerprint density at radius 2 is 1.95 bits per heavy atom. The molecule has 1 N–H and O–H groups in total. The molecule has 0 unspecified atom stereocenters. The zero-order valence-electron chi connectivity index (χ0n) is 12.3. The molecule has 3 heteroatoms. The van der Waals surface area contributed by atoms with Crippen LogP contribution in [-0.4, -0.2) is 17.1 Å². The van der Waals surface area contributed by atoms with Crippen LogP contribution < -0.4 is 4.74 Å². The highest BCUT2D eigenvalue weighted by Gasteiger charge is 2.11. The van der Waals surface area contributed by atoms with Crippen molar-refractivity contribution in [2.24, 2.45) is 0 Å². The first-order valence-electron chi connectivity index (χ1n) is 6.99. The van der Waals surface area contributed by atoms with Crippen LogP contribution in [0.4, 0.5) is 0 Å². The van der Waals surface area contributed by atoms with Crippen molar-refractivity contribution in [3.8, 4) is 16.9 Å². The fourth-order valence-corrected chi connectivity index (χ4v) is 2.58. The molecule has 3 nitrogen and oxygen atoms in total. The van der Waals surface area contributed by atoms with Gasteiger partial charge >= 0.3 is 0 Å². The van der Waals surface area contributed by atoms with Gasteiger partial charge in [-0.1, -0.05) is 36.4 Å². The summed E-state index contributed by atoms with van der Waals surface area (Å²) in [6.07, 6.45) is 4.42. The van der Waals surface area contributed by atoms with Crippen LogP contribution in [-0.2, 0) is 6.42 Å². The number of imidazole rings is 1. The van der Waals surface area contributed by atoms with Crippen LogP contribution in [0.5, 0.6) is 5.75 Å². The molecule has 1 heterocycles. The Balaban J connectivity index is 2.10. The number of aromatic nitrogens is 2. The Morgan fingerprint density at radius 1 is 1.14 bits per heavy atom. The number of hydrogen-bond donors (Lipinski definition) is 1.